The van der Waals surface area contributed by atoms with Gasteiger partial charge in [-0.15, -0.1) is 0 Å². The molecule has 0 atom stereocenters. The molecule has 0 aliphatic rings. The summed E-state index contributed by atoms with van der Waals surface area (Å²) in [5.74, 6) is 0.704. The number of halogens is 1. The Balaban J connectivity index is 2.56. The van der Waals surface area contributed by atoms with Crippen LogP contribution in [-0.4, -0.2) is 11.1 Å². The number of rotatable bonds is 2. The lowest BCUT2D eigenvalue weighted by molar-refractivity contribution is 0.236. The molecule has 0 bridgehead atoms. The molecule has 2 rings (SSSR count). The number of hydrogen-bond acceptors (Lipinski definition) is 2. The molecule has 0 saturated heterocycles. The highest BCUT2D eigenvalue weighted by Crippen LogP contribution is 2.26. The van der Waals surface area contributed by atoms with Gasteiger partial charge in [-0.05, 0) is 43.5 Å². The Hall–Kier alpha value is -1.09. The van der Waals surface area contributed by atoms with Crippen LogP contribution in [0.25, 0.3) is 10.8 Å². The van der Waals surface area contributed by atoms with Gasteiger partial charge in [0.05, 0.1) is 6.10 Å². The number of aromatic nitrogens is 1. The van der Waals surface area contributed by atoms with Gasteiger partial charge in [0.25, 0.3) is 0 Å². The fraction of sp³-hybridized carbons (Fsp3) is 0.250. The van der Waals surface area contributed by atoms with Crippen LogP contribution in [0.5, 0.6) is 5.88 Å². The molecule has 0 saturated carbocycles. The molecule has 0 radical (unpaired) electrons. The van der Waals surface area contributed by atoms with Crippen LogP contribution in [0.15, 0.2) is 34.9 Å². The van der Waals surface area contributed by atoms with E-state index in [9.17, 15) is 0 Å². The van der Waals surface area contributed by atoms with E-state index in [1.165, 1.54) is 0 Å². The minimum atomic E-state index is 0.145. The maximum Gasteiger partial charge on any atom is 0.221 e. The summed E-state index contributed by atoms with van der Waals surface area (Å²) < 4.78 is 6.71. The standard InChI is InChI=1S/C12H12BrNO/c1-8(2)15-12-11-4-3-10(13)7-9(11)5-6-14-12/h3-8H,1-2H3. The normalized spacial score (nSPS) is 10.9. The zero-order valence-corrected chi connectivity index (χ0v) is 10.3. The van der Waals surface area contributed by atoms with E-state index in [-0.39, 0.29) is 6.10 Å². The van der Waals surface area contributed by atoms with Crippen molar-refractivity contribution >= 4 is 26.7 Å². The molecule has 0 N–H and O–H groups in total. The smallest absolute Gasteiger partial charge is 0.221 e. The number of hydrogen-bond donors (Lipinski definition) is 0. The molecule has 2 nitrogen and oxygen atoms in total. The van der Waals surface area contributed by atoms with Crippen LogP contribution in [0, 0.1) is 0 Å². The number of benzene rings is 1. The molecular formula is C12H12BrNO. The first kappa shape index (κ1) is 10.4. The zero-order chi connectivity index (χ0) is 10.8. The third kappa shape index (κ3) is 2.29. The van der Waals surface area contributed by atoms with Gasteiger partial charge < -0.3 is 4.74 Å². The first-order valence-electron chi connectivity index (χ1n) is 4.88. The molecule has 15 heavy (non-hydrogen) atoms. The number of ether oxygens (including phenoxy) is 1. The zero-order valence-electron chi connectivity index (χ0n) is 8.70. The number of fused-ring (bicyclic) bond motifs is 1. The Bertz CT molecular complexity index is 482. The molecule has 0 fully saturated rings. The van der Waals surface area contributed by atoms with Crippen LogP contribution in [0.1, 0.15) is 13.8 Å². The highest BCUT2D eigenvalue weighted by Gasteiger charge is 2.05. The predicted octanol–water partition coefficient (Wildman–Crippen LogP) is 3.78. The van der Waals surface area contributed by atoms with Gasteiger partial charge in [-0.1, -0.05) is 15.9 Å². The number of pyridine rings is 1. The SMILES string of the molecule is CC(C)Oc1nccc2cc(Br)ccc12. The molecule has 1 aromatic heterocycles. The van der Waals surface area contributed by atoms with Crippen LogP contribution in [0.2, 0.25) is 0 Å². The van der Waals surface area contributed by atoms with Gasteiger partial charge >= 0.3 is 0 Å². The molecule has 1 heterocycles. The molecule has 0 aliphatic carbocycles. The van der Waals surface area contributed by atoms with E-state index < -0.39 is 0 Å². The molecule has 0 spiro atoms. The first-order chi connectivity index (χ1) is 7.16. The molecule has 2 aromatic rings. The van der Waals surface area contributed by atoms with Crippen molar-refractivity contribution in [1.29, 1.82) is 0 Å². The average Bonchev–Trinajstić information content (AvgIpc) is 2.16. The summed E-state index contributed by atoms with van der Waals surface area (Å²) in [5.41, 5.74) is 0. The second-order valence-corrected chi connectivity index (χ2v) is 4.56. The Labute approximate surface area is 97.4 Å². The van der Waals surface area contributed by atoms with Crippen molar-refractivity contribution in [1.82, 2.24) is 4.98 Å². The highest BCUT2D eigenvalue weighted by atomic mass is 79.9. The Morgan fingerprint density at radius 1 is 1.27 bits per heavy atom. The Morgan fingerprint density at radius 2 is 2.07 bits per heavy atom. The molecular weight excluding hydrogens is 254 g/mol. The van der Waals surface area contributed by atoms with Crippen molar-refractivity contribution in [2.45, 2.75) is 20.0 Å². The summed E-state index contributed by atoms with van der Waals surface area (Å²) >= 11 is 3.45. The van der Waals surface area contributed by atoms with E-state index in [4.69, 9.17) is 4.74 Å². The third-order valence-corrected chi connectivity index (χ3v) is 2.53. The molecule has 0 amide bonds. The van der Waals surface area contributed by atoms with Crippen molar-refractivity contribution in [3.8, 4) is 5.88 Å². The summed E-state index contributed by atoms with van der Waals surface area (Å²) in [4.78, 5) is 4.24. The fourth-order valence-corrected chi connectivity index (χ4v) is 1.82. The second kappa shape index (κ2) is 4.19. The topological polar surface area (TPSA) is 22.1 Å². The largest absolute Gasteiger partial charge is 0.475 e. The van der Waals surface area contributed by atoms with E-state index in [1.807, 2.05) is 32.0 Å². The lowest BCUT2D eigenvalue weighted by Crippen LogP contribution is -2.07. The lowest BCUT2D eigenvalue weighted by atomic mass is 10.2. The van der Waals surface area contributed by atoms with Gasteiger partial charge in [-0.25, -0.2) is 4.98 Å². The quantitative estimate of drug-likeness (QED) is 0.825. The van der Waals surface area contributed by atoms with E-state index in [2.05, 4.69) is 27.0 Å². The maximum atomic E-state index is 5.64. The van der Waals surface area contributed by atoms with Crippen LogP contribution in [0.4, 0.5) is 0 Å². The van der Waals surface area contributed by atoms with Gasteiger partial charge in [-0.3, -0.25) is 0 Å². The van der Waals surface area contributed by atoms with E-state index >= 15 is 0 Å². The summed E-state index contributed by atoms with van der Waals surface area (Å²) in [6, 6.07) is 8.05. The van der Waals surface area contributed by atoms with Crippen LogP contribution in [-0.2, 0) is 0 Å². The van der Waals surface area contributed by atoms with Gasteiger partial charge in [0, 0.05) is 16.1 Å². The van der Waals surface area contributed by atoms with Crippen molar-refractivity contribution < 1.29 is 4.74 Å². The molecule has 0 unspecified atom stereocenters. The van der Waals surface area contributed by atoms with Crippen LogP contribution < -0.4 is 4.74 Å². The third-order valence-electron chi connectivity index (χ3n) is 2.04. The summed E-state index contributed by atoms with van der Waals surface area (Å²) in [6.07, 6.45) is 1.92. The van der Waals surface area contributed by atoms with Crippen LogP contribution >= 0.6 is 15.9 Å². The highest BCUT2D eigenvalue weighted by molar-refractivity contribution is 9.10. The predicted molar refractivity (Wildman–Crippen MR) is 65.2 cm³/mol. The van der Waals surface area contributed by atoms with Crippen LogP contribution in [0.3, 0.4) is 0 Å². The number of nitrogens with zero attached hydrogens (tertiary/aromatic N) is 1. The summed E-state index contributed by atoms with van der Waals surface area (Å²) in [6.45, 7) is 4.00. The van der Waals surface area contributed by atoms with Gasteiger partial charge in [0.1, 0.15) is 0 Å². The van der Waals surface area contributed by atoms with E-state index in [1.54, 1.807) is 6.20 Å². The molecule has 78 valence electrons. The van der Waals surface area contributed by atoms with Crippen molar-refractivity contribution in [2.75, 3.05) is 0 Å². The molecule has 3 heteroatoms. The minimum absolute atomic E-state index is 0.145. The van der Waals surface area contributed by atoms with E-state index in [0.717, 1.165) is 15.2 Å². The summed E-state index contributed by atoms with van der Waals surface area (Å²) in [5, 5.41) is 2.18. The van der Waals surface area contributed by atoms with Crippen molar-refractivity contribution in [3.63, 3.8) is 0 Å². The lowest BCUT2D eigenvalue weighted by Gasteiger charge is -2.10. The van der Waals surface area contributed by atoms with E-state index in [0.29, 0.717) is 5.88 Å². The maximum absolute atomic E-state index is 5.64. The molecule has 1 aromatic carbocycles. The fourth-order valence-electron chi connectivity index (χ4n) is 1.44. The Morgan fingerprint density at radius 3 is 2.80 bits per heavy atom. The monoisotopic (exact) mass is 265 g/mol. The van der Waals surface area contributed by atoms with Gasteiger partial charge in [0.2, 0.25) is 5.88 Å². The van der Waals surface area contributed by atoms with Gasteiger partial charge in [0.15, 0.2) is 0 Å². The first-order valence-corrected chi connectivity index (χ1v) is 5.67. The van der Waals surface area contributed by atoms with Crippen molar-refractivity contribution in [3.05, 3.63) is 34.9 Å². The Kier molecular flexibility index (Phi) is 2.91. The van der Waals surface area contributed by atoms with Gasteiger partial charge in [-0.2, -0.15) is 0 Å². The second-order valence-electron chi connectivity index (χ2n) is 3.65. The minimum Gasteiger partial charge on any atom is -0.475 e. The average molecular weight is 266 g/mol. The van der Waals surface area contributed by atoms with Crippen molar-refractivity contribution in [2.24, 2.45) is 0 Å². The molecule has 0 aliphatic heterocycles. The summed E-state index contributed by atoms with van der Waals surface area (Å²) in [7, 11) is 0.